The second kappa shape index (κ2) is 4.84. The lowest BCUT2D eigenvalue weighted by Gasteiger charge is -2.37. The van der Waals surface area contributed by atoms with Gasteiger partial charge in [-0.3, -0.25) is 0 Å². The summed E-state index contributed by atoms with van der Waals surface area (Å²) >= 11 is 0. The molecule has 2 aliphatic rings. The summed E-state index contributed by atoms with van der Waals surface area (Å²) in [5.41, 5.74) is 0.591. The van der Waals surface area contributed by atoms with E-state index in [9.17, 15) is 0 Å². The summed E-state index contributed by atoms with van der Waals surface area (Å²) in [6.07, 6.45) is 7.91. The van der Waals surface area contributed by atoms with Crippen molar-refractivity contribution in [3.63, 3.8) is 0 Å². The van der Waals surface area contributed by atoms with Crippen LogP contribution >= 0.6 is 0 Å². The van der Waals surface area contributed by atoms with E-state index in [2.05, 4.69) is 19.2 Å². The molecule has 0 aromatic heterocycles. The average molecular weight is 211 g/mol. The van der Waals surface area contributed by atoms with Gasteiger partial charge in [0, 0.05) is 25.3 Å². The molecule has 15 heavy (non-hydrogen) atoms. The normalized spacial score (nSPS) is 29.2. The Morgan fingerprint density at radius 3 is 2.07 bits per heavy atom. The third kappa shape index (κ3) is 3.46. The van der Waals surface area contributed by atoms with Gasteiger partial charge in [0.25, 0.3) is 0 Å². The summed E-state index contributed by atoms with van der Waals surface area (Å²) in [6.45, 7) is 6.71. The second-order valence-electron chi connectivity index (χ2n) is 5.99. The Labute approximate surface area is 93.8 Å². The number of rotatable bonds is 2. The van der Waals surface area contributed by atoms with Crippen molar-refractivity contribution in [2.75, 3.05) is 13.2 Å². The zero-order valence-corrected chi connectivity index (χ0v) is 10.2. The first-order valence-electron chi connectivity index (χ1n) is 6.49. The fraction of sp³-hybridized carbons (Fsp3) is 1.00. The molecule has 0 spiro atoms. The number of ether oxygens (including phenoxy) is 1. The van der Waals surface area contributed by atoms with E-state index in [-0.39, 0.29) is 0 Å². The van der Waals surface area contributed by atoms with Gasteiger partial charge in [-0.1, -0.05) is 13.8 Å². The van der Waals surface area contributed by atoms with E-state index in [4.69, 9.17) is 4.74 Å². The maximum absolute atomic E-state index is 5.38. The van der Waals surface area contributed by atoms with Crippen LogP contribution in [-0.2, 0) is 4.74 Å². The van der Waals surface area contributed by atoms with Gasteiger partial charge in [-0.2, -0.15) is 0 Å². The van der Waals surface area contributed by atoms with Crippen LogP contribution in [0.1, 0.15) is 52.4 Å². The van der Waals surface area contributed by atoms with Crippen LogP contribution in [0.2, 0.25) is 0 Å². The monoisotopic (exact) mass is 211 g/mol. The quantitative estimate of drug-likeness (QED) is 0.758. The lowest BCUT2D eigenvalue weighted by molar-refractivity contribution is 0.0703. The molecule has 1 aliphatic heterocycles. The third-order valence-electron chi connectivity index (χ3n) is 4.03. The average Bonchev–Trinajstić information content (AvgIpc) is 2.23. The van der Waals surface area contributed by atoms with E-state index < -0.39 is 0 Å². The van der Waals surface area contributed by atoms with Crippen LogP contribution in [0.25, 0.3) is 0 Å². The van der Waals surface area contributed by atoms with Gasteiger partial charge in [-0.25, -0.2) is 0 Å². The topological polar surface area (TPSA) is 21.3 Å². The van der Waals surface area contributed by atoms with Gasteiger partial charge >= 0.3 is 0 Å². The lowest BCUT2D eigenvalue weighted by atomic mass is 9.75. The third-order valence-corrected chi connectivity index (χ3v) is 4.03. The number of hydrogen-bond donors (Lipinski definition) is 1. The molecule has 1 saturated heterocycles. The SMILES string of the molecule is CC1(C)CCC(NC2CCOCC2)CC1. The number of nitrogens with one attached hydrogen (secondary N) is 1. The molecule has 0 atom stereocenters. The van der Waals surface area contributed by atoms with Crippen LogP contribution in [0.15, 0.2) is 0 Å². The Morgan fingerprint density at radius 2 is 1.47 bits per heavy atom. The molecule has 0 unspecified atom stereocenters. The summed E-state index contributed by atoms with van der Waals surface area (Å²) in [7, 11) is 0. The summed E-state index contributed by atoms with van der Waals surface area (Å²) in [4.78, 5) is 0. The second-order valence-corrected chi connectivity index (χ2v) is 5.99. The molecule has 1 saturated carbocycles. The van der Waals surface area contributed by atoms with Crippen molar-refractivity contribution in [2.45, 2.75) is 64.5 Å². The fourth-order valence-electron chi connectivity index (χ4n) is 2.76. The van der Waals surface area contributed by atoms with Crippen molar-refractivity contribution in [3.05, 3.63) is 0 Å². The highest BCUT2D eigenvalue weighted by Crippen LogP contribution is 2.35. The molecule has 2 rings (SSSR count). The zero-order chi connectivity index (χ0) is 10.7. The van der Waals surface area contributed by atoms with Gasteiger partial charge in [-0.15, -0.1) is 0 Å². The minimum absolute atomic E-state index is 0.591. The van der Waals surface area contributed by atoms with Crippen molar-refractivity contribution in [3.8, 4) is 0 Å². The molecule has 0 aromatic carbocycles. The largest absolute Gasteiger partial charge is 0.381 e. The molecular formula is C13H25NO. The van der Waals surface area contributed by atoms with E-state index in [0.29, 0.717) is 5.41 Å². The predicted molar refractivity (Wildman–Crippen MR) is 63.0 cm³/mol. The molecule has 1 heterocycles. The van der Waals surface area contributed by atoms with Gasteiger partial charge < -0.3 is 10.1 Å². The predicted octanol–water partition coefficient (Wildman–Crippen LogP) is 2.72. The summed E-state index contributed by atoms with van der Waals surface area (Å²) in [6, 6.07) is 1.51. The van der Waals surface area contributed by atoms with Crippen molar-refractivity contribution < 1.29 is 4.74 Å². The molecule has 1 N–H and O–H groups in total. The van der Waals surface area contributed by atoms with Crippen LogP contribution in [0, 0.1) is 5.41 Å². The van der Waals surface area contributed by atoms with Gasteiger partial charge in [0.15, 0.2) is 0 Å². The van der Waals surface area contributed by atoms with Crippen LogP contribution in [0.3, 0.4) is 0 Å². The highest BCUT2D eigenvalue weighted by molar-refractivity contribution is 4.84. The van der Waals surface area contributed by atoms with E-state index in [1.807, 2.05) is 0 Å². The van der Waals surface area contributed by atoms with Crippen molar-refractivity contribution in [2.24, 2.45) is 5.41 Å². The fourth-order valence-corrected chi connectivity index (χ4v) is 2.76. The Morgan fingerprint density at radius 1 is 0.933 bits per heavy atom. The van der Waals surface area contributed by atoms with E-state index >= 15 is 0 Å². The van der Waals surface area contributed by atoms with Crippen LogP contribution < -0.4 is 5.32 Å². The summed E-state index contributed by atoms with van der Waals surface area (Å²) < 4.78 is 5.38. The lowest BCUT2D eigenvalue weighted by Crippen LogP contribution is -2.44. The van der Waals surface area contributed by atoms with E-state index in [1.165, 1.54) is 38.5 Å². The van der Waals surface area contributed by atoms with E-state index in [1.54, 1.807) is 0 Å². The number of hydrogen-bond acceptors (Lipinski definition) is 2. The van der Waals surface area contributed by atoms with Crippen LogP contribution in [0.5, 0.6) is 0 Å². The van der Waals surface area contributed by atoms with E-state index in [0.717, 1.165) is 25.3 Å². The molecule has 0 amide bonds. The van der Waals surface area contributed by atoms with Crippen molar-refractivity contribution >= 4 is 0 Å². The molecule has 0 radical (unpaired) electrons. The first kappa shape index (κ1) is 11.4. The Kier molecular flexibility index (Phi) is 3.68. The highest BCUT2D eigenvalue weighted by Gasteiger charge is 2.28. The minimum Gasteiger partial charge on any atom is -0.381 e. The first-order chi connectivity index (χ1) is 7.16. The van der Waals surface area contributed by atoms with Crippen molar-refractivity contribution in [1.29, 1.82) is 0 Å². The highest BCUT2D eigenvalue weighted by atomic mass is 16.5. The van der Waals surface area contributed by atoms with Crippen molar-refractivity contribution in [1.82, 2.24) is 5.32 Å². The summed E-state index contributed by atoms with van der Waals surface area (Å²) in [5.74, 6) is 0. The molecule has 1 aliphatic carbocycles. The van der Waals surface area contributed by atoms with Gasteiger partial charge in [-0.05, 0) is 43.9 Å². The standard InChI is InChI=1S/C13H25NO/c1-13(2)7-3-11(4-8-13)14-12-5-9-15-10-6-12/h11-12,14H,3-10H2,1-2H3. The molecular weight excluding hydrogens is 186 g/mol. The molecule has 0 aromatic rings. The maximum Gasteiger partial charge on any atom is 0.0480 e. The summed E-state index contributed by atoms with van der Waals surface area (Å²) in [5, 5.41) is 3.82. The maximum atomic E-state index is 5.38. The molecule has 2 nitrogen and oxygen atoms in total. The molecule has 0 bridgehead atoms. The Balaban J connectivity index is 1.71. The Hall–Kier alpha value is -0.0800. The molecule has 2 fully saturated rings. The van der Waals surface area contributed by atoms with Gasteiger partial charge in [0.2, 0.25) is 0 Å². The molecule has 88 valence electrons. The van der Waals surface area contributed by atoms with Crippen LogP contribution in [0.4, 0.5) is 0 Å². The van der Waals surface area contributed by atoms with Crippen LogP contribution in [-0.4, -0.2) is 25.3 Å². The van der Waals surface area contributed by atoms with Gasteiger partial charge in [0.05, 0.1) is 0 Å². The Bertz CT molecular complexity index is 187. The smallest absolute Gasteiger partial charge is 0.0480 e. The van der Waals surface area contributed by atoms with Gasteiger partial charge in [0.1, 0.15) is 0 Å². The minimum atomic E-state index is 0.591. The molecule has 2 heteroatoms. The first-order valence-corrected chi connectivity index (χ1v) is 6.49. The zero-order valence-electron chi connectivity index (χ0n) is 10.2.